The Morgan fingerprint density at radius 1 is 1.20 bits per heavy atom. The zero-order valence-electron chi connectivity index (χ0n) is 16.1. The number of halogens is 2. The average Bonchev–Trinajstić information content (AvgIpc) is 2.75. The molecule has 10 heteroatoms. The van der Waals surface area contributed by atoms with Crippen LogP contribution in [0, 0.1) is 5.82 Å². The van der Waals surface area contributed by atoms with E-state index in [0.717, 1.165) is 11.8 Å². The van der Waals surface area contributed by atoms with Crippen molar-refractivity contribution >= 4 is 33.7 Å². The second-order valence-electron chi connectivity index (χ2n) is 6.59. The molecule has 1 saturated heterocycles. The van der Waals surface area contributed by atoms with Crippen LogP contribution in [-0.4, -0.2) is 51.1 Å². The van der Waals surface area contributed by atoms with Gasteiger partial charge in [0.05, 0.1) is 29.3 Å². The summed E-state index contributed by atoms with van der Waals surface area (Å²) < 4.78 is 45.4. The highest BCUT2D eigenvalue weighted by atomic mass is 35.5. The highest BCUT2D eigenvalue weighted by Gasteiger charge is 2.26. The minimum atomic E-state index is -3.54. The minimum Gasteiger partial charge on any atom is -0.379 e. The molecule has 160 valence electrons. The van der Waals surface area contributed by atoms with E-state index in [-0.39, 0.29) is 27.8 Å². The predicted molar refractivity (Wildman–Crippen MR) is 111 cm³/mol. The van der Waals surface area contributed by atoms with Gasteiger partial charge in [-0.15, -0.1) is 0 Å². The molecule has 3 rings (SSSR count). The maximum atomic E-state index is 13.6. The van der Waals surface area contributed by atoms with Gasteiger partial charge in [-0.1, -0.05) is 29.8 Å². The number of sulfonamides is 1. The van der Waals surface area contributed by atoms with Crippen molar-refractivity contribution in [3.63, 3.8) is 0 Å². The van der Waals surface area contributed by atoms with Gasteiger partial charge in [-0.25, -0.2) is 18.2 Å². The molecule has 0 unspecified atom stereocenters. The summed E-state index contributed by atoms with van der Waals surface area (Å²) in [5, 5.41) is 3.92. The maximum Gasteiger partial charge on any atom is 0.243 e. The van der Waals surface area contributed by atoms with Gasteiger partial charge >= 0.3 is 0 Å². The van der Waals surface area contributed by atoms with Crippen LogP contribution in [0.1, 0.15) is 17.5 Å². The third kappa shape index (κ3) is 5.63. The van der Waals surface area contributed by atoms with Gasteiger partial charge in [0, 0.05) is 25.1 Å². The lowest BCUT2D eigenvalue weighted by Crippen LogP contribution is -2.40. The second kappa shape index (κ2) is 10.1. The Morgan fingerprint density at radius 3 is 2.57 bits per heavy atom. The van der Waals surface area contributed by atoms with Crippen LogP contribution >= 0.6 is 11.6 Å². The predicted octanol–water partition coefficient (Wildman–Crippen LogP) is 2.58. The van der Waals surface area contributed by atoms with Gasteiger partial charge in [0.1, 0.15) is 5.82 Å². The monoisotopic (exact) mass is 453 g/mol. The minimum absolute atomic E-state index is 0.0940. The van der Waals surface area contributed by atoms with E-state index in [1.54, 1.807) is 12.1 Å². The van der Waals surface area contributed by atoms with Crippen molar-refractivity contribution in [2.75, 3.05) is 26.3 Å². The molecule has 1 amide bonds. The molecule has 0 aliphatic carbocycles. The van der Waals surface area contributed by atoms with Crippen molar-refractivity contribution in [2.45, 2.75) is 17.7 Å². The molecule has 2 aromatic carbocycles. The van der Waals surface area contributed by atoms with Crippen molar-refractivity contribution < 1.29 is 22.3 Å². The molecule has 0 bridgehead atoms. The lowest BCUT2D eigenvalue weighted by molar-refractivity contribution is -0.121. The lowest BCUT2D eigenvalue weighted by atomic mass is 10.1. The van der Waals surface area contributed by atoms with E-state index in [2.05, 4.69) is 10.5 Å². The van der Waals surface area contributed by atoms with Gasteiger partial charge < -0.3 is 4.74 Å². The number of nitrogens with zero attached hydrogens (tertiary/aromatic N) is 2. The number of morpholine rings is 1. The summed E-state index contributed by atoms with van der Waals surface area (Å²) in [5.74, 6) is -0.892. The first kappa shape index (κ1) is 22.4. The van der Waals surface area contributed by atoms with Crippen molar-refractivity contribution in [1.82, 2.24) is 9.73 Å². The fourth-order valence-electron chi connectivity index (χ4n) is 2.88. The second-order valence-corrected chi connectivity index (χ2v) is 8.93. The Kier molecular flexibility index (Phi) is 7.54. The molecule has 0 aromatic heterocycles. The first-order chi connectivity index (χ1) is 14.4. The zero-order valence-corrected chi connectivity index (χ0v) is 17.6. The van der Waals surface area contributed by atoms with E-state index in [0.29, 0.717) is 32.7 Å². The number of carbonyl (C=O) groups is 1. The number of aryl methyl sites for hydroxylation is 1. The summed E-state index contributed by atoms with van der Waals surface area (Å²) >= 11 is 5.88. The number of benzene rings is 2. The van der Waals surface area contributed by atoms with E-state index in [1.165, 1.54) is 34.6 Å². The molecule has 1 aliphatic rings. The van der Waals surface area contributed by atoms with Crippen LogP contribution in [0.15, 0.2) is 52.5 Å². The molecule has 0 spiro atoms. The van der Waals surface area contributed by atoms with Gasteiger partial charge in [-0.05, 0) is 36.2 Å². The Morgan fingerprint density at radius 2 is 1.90 bits per heavy atom. The van der Waals surface area contributed by atoms with E-state index in [9.17, 15) is 17.6 Å². The number of amides is 1. The van der Waals surface area contributed by atoms with Gasteiger partial charge in [0.25, 0.3) is 0 Å². The third-order valence-corrected chi connectivity index (χ3v) is 6.80. The zero-order chi connectivity index (χ0) is 21.6. The van der Waals surface area contributed by atoms with Gasteiger partial charge in [-0.2, -0.15) is 9.41 Å². The number of hydrogen-bond acceptors (Lipinski definition) is 5. The highest BCUT2D eigenvalue weighted by Crippen LogP contribution is 2.18. The number of hydrazone groups is 1. The van der Waals surface area contributed by atoms with Gasteiger partial charge in [0.2, 0.25) is 15.9 Å². The average molecular weight is 454 g/mol. The number of rotatable bonds is 7. The molecular formula is C20H21ClFN3O4S. The Labute approximate surface area is 179 Å². The summed E-state index contributed by atoms with van der Waals surface area (Å²) in [6.07, 6.45) is 1.69. The lowest BCUT2D eigenvalue weighted by Gasteiger charge is -2.26. The van der Waals surface area contributed by atoms with Crippen LogP contribution in [0.4, 0.5) is 4.39 Å². The van der Waals surface area contributed by atoms with Crippen LogP contribution in [-0.2, 0) is 26.0 Å². The Hall–Kier alpha value is -2.33. The van der Waals surface area contributed by atoms with E-state index in [1.807, 2.05) is 0 Å². The first-order valence-corrected chi connectivity index (χ1v) is 11.1. The number of carbonyl (C=O) groups excluding carboxylic acids is 1. The van der Waals surface area contributed by atoms with E-state index in [4.69, 9.17) is 16.3 Å². The quantitative estimate of drug-likeness (QED) is 0.515. The summed E-state index contributed by atoms with van der Waals surface area (Å²) in [5.41, 5.74) is 3.23. The van der Waals surface area contributed by atoms with Crippen LogP contribution in [0.5, 0.6) is 0 Å². The Balaban J connectivity index is 1.52. The molecule has 1 heterocycles. The van der Waals surface area contributed by atoms with Crippen molar-refractivity contribution in [3.05, 3.63) is 64.4 Å². The fraction of sp³-hybridized carbons (Fsp3) is 0.300. The molecule has 1 aliphatic heterocycles. The molecule has 0 atom stereocenters. The number of ether oxygens (including phenoxy) is 1. The summed E-state index contributed by atoms with van der Waals surface area (Å²) in [7, 11) is -3.54. The van der Waals surface area contributed by atoms with Gasteiger partial charge in [-0.3, -0.25) is 4.79 Å². The van der Waals surface area contributed by atoms with E-state index >= 15 is 0 Å². The molecule has 2 aromatic rings. The van der Waals surface area contributed by atoms with E-state index < -0.39 is 15.8 Å². The SMILES string of the molecule is O=C(CCc1ccc(S(=O)(=O)N2CCOCC2)cc1)N/N=C/c1c(F)cccc1Cl. The van der Waals surface area contributed by atoms with Crippen LogP contribution in [0.2, 0.25) is 5.02 Å². The molecule has 0 saturated carbocycles. The van der Waals surface area contributed by atoms with Gasteiger partial charge in [0.15, 0.2) is 0 Å². The molecule has 30 heavy (non-hydrogen) atoms. The summed E-state index contributed by atoms with van der Waals surface area (Å²) in [4.78, 5) is 12.2. The molecule has 1 N–H and O–H groups in total. The largest absolute Gasteiger partial charge is 0.379 e. The topological polar surface area (TPSA) is 88.1 Å². The van der Waals surface area contributed by atoms with Crippen LogP contribution in [0.25, 0.3) is 0 Å². The number of hydrogen-bond donors (Lipinski definition) is 1. The molecule has 1 fully saturated rings. The van der Waals surface area contributed by atoms with Crippen LogP contribution < -0.4 is 5.43 Å². The van der Waals surface area contributed by atoms with Crippen molar-refractivity contribution in [2.24, 2.45) is 5.10 Å². The summed E-state index contributed by atoms with van der Waals surface area (Å²) in [6, 6.07) is 10.7. The smallest absolute Gasteiger partial charge is 0.243 e. The fourth-order valence-corrected chi connectivity index (χ4v) is 4.50. The molecule has 0 radical (unpaired) electrons. The van der Waals surface area contributed by atoms with Crippen LogP contribution in [0.3, 0.4) is 0 Å². The van der Waals surface area contributed by atoms with Crippen molar-refractivity contribution in [1.29, 1.82) is 0 Å². The summed E-state index contributed by atoms with van der Waals surface area (Å²) in [6.45, 7) is 1.45. The first-order valence-electron chi connectivity index (χ1n) is 9.30. The highest BCUT2D eigenvalue weighted by molar-refractivity contribution is 7.89. The third-order valence-electron chi connectivity index (χ3n) is 4.55. The normalized spacial score (nSPS) is 15.4. The maximum absolute atomic E-state index is 13.6. The molecule has 7 nitrogen and oxygen atoms in total. The van der Waals surface area contributed by atoms with Crippen molar-refractivity contribution in [3.8, 4) is 0 Å². The Bertz CT molecular complexity index is 1000. The molecular weight excluding hydrogens is 433 g/mol. The number of nitrogens with one attached hydrogen (secondary N) is 1. The standard InChI is InChI=1S/C20H21ClFN3O4S/c21-18-2-1-3-19(22)17(18)14-23-24-20(26)9-6-15-4-7-16(8-5-15)30(27,28)25-10-12-29-13-11-25/h1-5,7-8,14H,6,9-13H2,(H,24,26)/b23-14+.